The van der Waals surface area contributed by atoms with E-state index in [0.29, 0.717) is 11.4 Å². The lowest BCUT2D eigenvalue weighted by atomic mass is 9.97. The fourth-order valence-electron chi connectivity index (χ4n) is 2.55. The fourth-order valence-corrected chi connectivity index (χ4v) is 5.14. The monoisotopic (exact) mass is 381 g/mol. The van der Waals surface area contributed by atoms with E-state index in [4.69, 9.17) is 0 Å². The summed E-state index contributed by atoms with van der Waals surface area (Å²) in [5.41, 5.74) is 0. The molecule has 0 spiro atoms. The van der Waals surface area contributed by atoms with Crippen molar-refractivity contribution in [3.63, 3.8) is 0 Å². The maximum Gasteiger partial charge on any atom is 0.241 e. The summed E-state index contributed by atoms with van der Waals surface area (Å²) in [4.78, 5) is 14.0. The van der Waals surface area contributed by atoms with Crippen molar-refractivity contribution in [2.75, 3.05) is 26.2 Å². The molecule has 3 N–H and O–H groups in total. The third-order valence-corrected chi connectivity index (χ3v) is 6.39. The first-order chi connectivity index (χ1) is 10.4. The molecule has 1 fully saturated rings. The van der Waals surface area contributed by atoms with Gasteiger partial charge in [0.2, 0.25) is 15.9 Å². The molecule has 0 saturated carbocycles. The number of halogens is 1. The van der Waals surface area contributed by atoms with Crippen molar-refractivity contribution < 1.29 is 13.2 Å². The molecule has 1 amide bonds. The van der Waals surface area contributed by atoms with Gasteiger partial charge in [-0.05, 0) is 45.8 Å². The lowest BCUT2D eigenvalue weighted by molar-refractivity contribution is -0.125. The van der Waals surface area contributed by atoms with E-state index in [1.54, 1.807) is 13.0 Å². The number of sulfonamides is 1. The first-order valence-corrected chi connectivity index (χ1v) is 9.75. The van der Waals surface area contributed by atoms with Gasteiger partial charge in [-0.3, -0.25) is 4.79 Å². The minimum Gasteiger partial charge on any atom is -0.355 e. The Bertz CT molecular complexity index is 625. The average Bonchev–Trinajstić information content (AvgIpc) is 2.84. The molecule has 1 aromatic heterocycles. The summed E-state index contributed by atoms with van der Waals surface area (Å²) < 4.78 is 26.9. The highest BCUT2D eigenvalue weighted by Crippen LogP contribution is 2.24. The molecule has 0 atom stereocenters. The summed E-state index contributed by atoms with van der Waals surface area (Å²) >= 11 is 1.46. The van der Waals surface area contributed by atoms with Crippen molar-refractivity contribution in [3.8, 4) is 0 Å². The highest BCUT2D eigenvalue weighted by Gasteiger charge is 2.21. The Morgan fingerprint density at radius 2 is 1.96 bits per heavy atom. The standard InChI is InChI=1S/C14H23N3O3S2.ClH/c1-10-9-13(11(2)21-10)22(19,20)17-8-7-16-14(18)12-3-5-15-6-4-12;/h9,12,15,17H,3-8H2,1-2H3,(H,16,18);1H. The van der Waals surface area contributed by atoms with E-state index in [0.717, 1.165) is 35.7 Å². The van der Waals surface area contributed by atoms with Crippen molar-refractivity contribution in [1.29, 1.82) is 0 Å². The Morgan fingerprint density at radius 1 is 1.30 bits per heavy atom. The van der Waals surface area contributed by atoms with Gasteiger partial charge in [-0.2, -0.15) is 0 Å². The molecule has 132 valence electrons. The molecule has 2 heterocycles. The topological polar surface area (TPSA) is 87.3 Å². The van der Waals surface area contributed by atoms with Gasteiger partial charge in [-0.25, -0.2) is 13.1 Å². The smallest absolute Gasteiger partial charge is 0.241 e. The minimum absolute atomic E-state index is 0. The molecule has 1 aliphatic heterocycles. The number of hydrogen-bond acceptors (Lipinski definition) is 5. The lowest BCUT2D eigenvalue weighted by Crippen LogP contribution is -2.41. The molecule has 23 heavy (non-hydrogen) atoms. The largest absolute Gasteiger partial charge is 0.355 e. The Morgan fingerprint density at radius 3 is 2.52 bits per heavy atom. The van der Waals surface area contributed by atoms with Crippen LogP contribution in [0.5, 0.6) is 0 Å². The summed E-state index contributed by atoms with van der Waals surface area (Å²) in [6.07, 6.45) is 1.68. The third-order valence-electron chi connectivity index (χ3n) is 3.71. The molecular weight excluding hydrogens is 358 g/mol. The lowest BCUT2D eigenvalue weighted by Gasteiger charge is -2.21. The number of aryl methyl sites for hydroxylation is 2. The number of rotatable bonds is 6. The molecule has 1 aromatic rings. The number of carbonyl (C=O) groups is 1. The average molecular weight is 382 g/mol. The summed E-state index contributed by atoms with van der Waals surface area (Å²) in [6.45, 7) is 5.92. The van der Waals surface area contributed by atoms with Crippen LogP contribution in [-0.4, -0.2) is 40.5 Å². The zero-order valence-electron chi connectivity index (χ0n) is 13.3. The first kappa shape index (κ1) is 20.4. The normalized spacial score (nSPS) is 15.9. The van der Waals surface area contributed by atoms with Crippen LogP contribution in [0.2, 0.25) is 0 Å². The van der Waals surface area contributed by atoms with Gasteiger partial charge in [0.25, 0.3) is 0 Å². The second-order valence-electron chi connectivity index (χ2n) is 5.49. The van der Waals surface area contributed by atoms with Gasteiger partial charge in [0.15, 0.2) is 0 Å². The van der Waals surface area contributed by atoms with E-state index >= 15 is 0 Å². The molecule has 0 unspecified atom stereocenters. The molecule has 0 aromatic carbocycles. The van der Waals surface area contributed by atoms with Gasteiger partial charge in [-0.15, -0.1) is 23.7 Å². The van der Waals surface area contributed by atoms with Crippen molar-refractivity contribution in [2.45, 2.75) is 31.6 Å². The van der Waals surface area contributed by atoms with Gasteiger partial charge in [0, 0.05) is 28.8 Å². The Labute approximate surface area is 147 Å². The molecule has 0 radical (unpaired) electrons. The number of nitrogens with one attached hydrogen (secondary N) is 3. The molecule has 1 aliphatic rings. The number of thiophene rings is 1. The Balaban J connectivity index is 0.00000264. The molecule has 2 rings (SSSR count). The van der Waals surface area contributed by atoms with Gasteiger partial charge >= 0.3 is 0 Å². The maximum atomic E-state index is 12.2. The van der Waals surface area contributed by atoms with E-state index in [1.165, 1.54) is 11.3 Å². The number of carbonyl (C=O) groups excluding carboxylic acids is 1. The first-order valence-electron chi connectivity index (χ1n) is 7.45. The summed E-state index contributed by atoms with van der Waals surface area (Å²) in [5, 5.41) is 6.02. The summed E-state index contributed by atoms with van der Waals surface area (Å²) in [7, 11) is -3.49. The zero-order valence-corrected chi connectivity index (χ0v) is 15.8. The van der Waals surface area contributed by atoms with Crippen LogP contribution in [0.15, 0.2) is 11.0 Å². The van der Waals surface area contributed by atoms with Crippen LogP contribution < -0.4 is 15.4 Å². The van der Waals surface area contributed by atoms with E-state index in [2.05, 4.69) is 15.4 Å². The van der Waals surface area contributed by atoms with Gasteiger partial charge in [-0.1, -0.05) is 0 Å². The van der Waals surface area contributed by atoms with Gasteiger partial charge in [0.05, 0.1) is 4.90 Å². The van der Waals surface area contributed by atoms with Crippen LogP contribution in [0.3, 0.4) is 0 Å². The highest BCUT2D eigenvalue weighted by atomic mass is 35.5. The molecule has 9 heteroatoms. The quantitative estimate of drug-likeness (QED) is 0.646. The van der Waals surface area contributed by atoms with Crippen molar-refractivity contribution >= 4 is 39.7 Å². The number of hydrogen-bond donors (Lipinski definition) is 3. The van der Waals surface area contributed by atoms with Crippen LogP contribution in [0, 0.1) is 19.8 Å². The SMILES string of the molecule is Cc1cc(S(=O)(=O)NCCNC(=O)C2CCNCC2)c(C)s1.Cl. The predicted molar refractivity (Wildman–Crippen MR) is 94.8 cm³/mol. The molecule has 6 nitrogen and oxygen atoms in total. The molecule has 0 bridgehead atoms. The predicted octanol–water partition coefficient (Wildman–Crippen LogP) is 1.18. The molecule has 1 saturated heterocycles. The van der Waals surface area contributed by atoms with Crippen LogP contribution in [-0.2, 0) is 14.8 Å². The van der Waals surface area contributed by atoms with Crippen LogP contribution in [0.4, 0.5) is 0 Å². The van der Waals surface area contributed by atoms with Gasteiger partial charge in [0.1, 0.15) is 0 Å². The summed E-state index contributed by atoms with van der Waals surface area (Å²) in [6, 6.07) is 1.68. The van der Waals surface area contributed by atoms with Crippen LogP contribution in [0.25, 0.3) is 0 Å². The van der Waals surface area contributed by atoms with Gasteiger partial charge < -0.3 is 10.6 Å². The van der Waals surface area contributed by atoms with Crippen molar-refractivity contribution in [3.05, 3.63) is 15.8 Å². The minimum atomic E-state index is -3.49. The van der Waals surface area contributed by atoms with Crippen LogP contribution >= 0.6 is 23.7 Å². The van der Waals surface area contributed by atoms with E-state index in [1.807, 2.05) is 6.92 Å². The second kappa shape index (κ2) is 8.98. The van der Waals surface area contributed by atoms with E-state index in [-0.39, 0.29) is 30.8 Å². The third kappa shape index (κ3) is 5.72. The van der Waals surface area contributed by atoms with Crippen molar-refractivity contribution in [2.24, 2.45) is 5.92 Å². The maximum absolute atomic E-state index is 12.2. The summed E-state index contributed by atoms with van der Waals surface area (Å²) in [5.74, 6) is 0.0582. The van der Waals surface area contributed by atoms with Crippen LogP contribution in [0.1, 0.15) is 22.6 Å². The fraction of sp³-hybridized carbons (Fsp3) is 0.643. The zero-order chi connectivity index (χ0) is 16.2. The Kier molecular flexibility index (Phi) is 7.96. The highest BCUT2D eigenvalue weighted by molar-refractivity contribution is 7.89. The molecule has 0 aliphatic carbocycles. The Hall–Kier alpha value is -0.670. The number of piperidine rings is 1. The second-order valence-corrected chi connectivity index (χ2v) is 8.69. The number of amides is 1. The van der Waals surface area contributed by atoms with E-state index in [9.17, 15) is 13.2 Å². The van der Waals surface area contributed by atoms with E-state index < -0.39 is 10.0 Å². The van der Waals surface area contributed by atoms with Crippen molar-refractivity contribution in [1.82, 2.24) is 15.4 Å². The molecular formula is C14H24ClN3O3S2.